The topological polar surface area (TPSA) is 29.5 Å². The molecule has 0 spiro atoms. The molecule has 0 aromatic heterocycles. The van der Waals surface area contributed by atoms with Crippen LogP contribution in [-0.4, -0.2) is 42.0 Å². The Morgan fingerprint density at radius 1 is 1.03 bits per heavy atom. The number of amides is 1. The fourth-order valence-electron chi connectivity index (χ4n) is 4.69. The Hall–Kier alpha value is -0.971. The van der Waals surface area contributed by atoms with Gasteiger partial charge in [0.2, 0.25) is 0 Å². The number of hydrogen-bond acceptors (Lipinski definition) is 2. The molecule has 1 fully saturated rings. The Labute approximate surface area is 189 Å². The van der Waals surface area contributed by atoms with Crippen LogP contribution < -0.4 is 0 Å². The van der Waals surface area contributed by atoms with Gasteiger partial charge < -0.3 is 0 Å². The van der Waals surface area contributed by atoms with Gasteiger partial charge in [0.05, 0.1) is 0 Å². The molecule has 30 heavy (non-hydrogen) atoms. The van der Waals surface area contributed by atoms with Crippen molar-refractivity contribution in [2.75, 3.05) is 6.61 Å². The third-order valence-electron chi connectivity index (χ3n) is 6.61. The summed E-state index contributed by atoms with van der Waals surface area (Å²) in [6.07, 6.45) is 9.82. The molecule has 1 saturated heterocycles. The summed E-state index contributed by atoms with van der Waals surface area (Å²) in [5.41, 5.74) is 1.22. The van der Waals surface area contributed by atoms with Gasteiger partial charge in [0.15, 0.2) is 0 Å². The molecule has 0 radical (unpaired) electrons. The zero-order valence-electron chi connectivity index (χ0n) is 20.0. The van der Waals surface area contributed by atoms with Crippen molar-refractivity contribution < 1.29 is 9.53 Å². The van der Waals surface area contributed by atoms with Gasteiger partial charge in [0, 0.05) is 0 Å². The first-order chi connectivity index (χ1) is 14.5. The second-order valence-corrected chi connectivity index (χ2v) is 22.3. The quantitative estimate of drug-likeness (QED) is 0.248. The van der Waals surface area contributed by atoms with E-state index < -0.39 is 18.4 Å². The van der Waals surface area contributed by atoms with Crippen molar-refractivity contribution in [3.8, 4) is 0 Å². The van der Waals surface area contributed by atoms with E-state index in [0.717, 1.165) is 0 Å². The first-order valence-electron chi connectivity index (χ1n) is 12.2. The number of carbonyl (C=O) groups excluding carboxylic acids is 1. The molecule has 0 N–H and O–H groups in total. The van der Waals surface area contributed by atoms with Gasteiger partial charge in [-0.25, -0.2) is 0 Å². The summed E-state index contributed by atoms with van der Waals surface area (Å²) in [6, 6.07) is 10.8. The van der Waals surface area contributed by atoms with Crippen LogP contribution in [0.5, 0.6) is 0 Å². The molecule has 4 heteroatoms. The Balaban J connectivity index is 2.64. The van der Waals surface area contributed by atoms with Gasteiger partial charge in [-0.15, -0.1) is 0 Å². The molecule has 1 aromatic carbocycles. The van der Waals surface area contributed by atoms with E-state index in [1.807, 2.05) is 0 Å². The van der Waals surface area contributed by atoms with E-state index in [0.29, 0.717) is 12.5 Å². The molecule has 0 aliphatic carbocycles. The van der Waals surface area contributed by atoms with Crippen LogP contribution in [0.3, 0.4) is 0 Å². The molecule has 1 aliphatic rings. The summed E-state index contributed by atoms with van der Waals surface area (Å²) in [5, 5.41) is 0. The van der Waals surface area contributed by atoms with E-state index in [-0.39, 0.29) is 12.1 Å². The van der Waals surface area contributed by atoms with Gasteiger partial charge in [-0.05, 0) is 0 Å². The van der Waals surface area contributed by atoms with E-state index in [2.05, 4.69) is 75.9 Å². The second kappa shape index (κ2) is 12.8. The molecular weight excluding hydrogens is 477 g/mol. The summed E-state index contributed by atoms with van der Waals surface area (Å²) >= 11 is -2.85. The summed E-state index contributed by atoms with van der Waals surface area (Å²) < 4.78 is 11.1. The monoisotopic (exact) mass is 521 g/mol. The van der Waals surface area contributed by atoms with E-state index >= 15 is 0 Å². The third-order valence-corrected chi connectivity index (χ3v) is 22.0. The van der Waals surface area contributed by atoms with Crippen molar-refractivity contribution in [2.24, 2.45) is 5.92 Å². The molecule has 168 valence electrons. The molecule has 3 nitrogen and oxygen atoms in total. The van der Waals surface area contributed by atoms with Crippen LogP contribution in [0.1, 0.15) is 78.7 Å². The van der Waals surface area contributed by atoms with Crippen LogP contribution in [0, 0.1) is 5.92 Å². The molecule has 1 aliphatic heterocycles. The summed E-state index contributed by atoms with van der Waals surface area (Å²) in [5.74, 6) is 0.392. The summed E-state index contributed by atoms with van der Waals surface area (Å²) in [7, 11) is 0. The number of nitrogens with zero attached hydrogens (tertiary/aromatic N) is 1. The fraction of sp³-hybridized carbons (Fsp3) is 0.654. The Morgan fingerprint density at radius 3 is 2.03 bits per heavy atom. The zero-order valence-corrected chi connectivity index (χ0v) is 22.8. The number of hydrogen-bond donors (Lipinski definition) is 0. The molecular formula is C26H43NO2Sn. The predicted octanol–water partition coefficient (Wildman–Crippen LogP) is 7.89. The van der Waals surface area contributed by atoms with Crippen molar-refractivity contribution in [1.29, 1.82) is 0 Å². The van der Waals surface area contributed by atoms with E-state index in [4.69, 9.17) is 4.74 Å². The van der Waals surface area contributed by atoms with E-state index in [9.17, 15) is 4.79 Å². The number of carbonyl (C=O) groups is 1. The van der Waals surface area contributed by atoms with Crippen LogP contribution in [0.4, 0.5) is 4.79 Å². The zero-order chi connectivity index (χ0) is 22.0. The standard InChI is InChI=1S/C14H16NO2.3C4H9.Sn/c1-11(2)13-10-17-14(16)15(13)9-8-12-6-4-3-5-7-12;3*1-3-4-2;/h3-8,11,13H,10H2,1-2H3;3*1,3-4H2,2H3;/t13-;;;;/m1..../s1. The minimum absolute atomic E-state index is 0.110. The molecule has 1 aromatic rings. The molecule has 2 rings (SSSR count). The van der Waals surface area contributed by atoms with Crippen LogP contribution in [0.15, 0.2) is 34.0 Å². The van der Waals surface area contributed by atoms with Crippen molar-refractivity contribution in [2.45, 2.75) is 92.5 Å². The van der Waals surface area contributed by atoms with Gasteiger partial charge in [-0.3, -0.25) is 0 Å². The molecule has 1 atom stereocenters. The first-order valence-corrected chi connectivity index (χ1v) is 19.7. The maximum absolute atomic E-state index is 13.1. The van der Waals surface area contributed by atoms with Crippen LogP contribution in [0.2, 0.25) is 13.3 Å². The Morgan fingerprint density at radius 2 is 1.57 bits per heavy atom. The Bertz CT molecular complexity index is 649. The normalized spacial score (nSPS) is 17.7. The molecule has 1 heterocycles. The van der Waals surface area contributed by atoms with Crippen molar-refractivity contribution in [3.05, 3.63) is 39.6 Å². The van der Waals surface area contributed by atoms with Gasteiger partial charge >= 0.3 is 190 Å². The average Bonchev–Trinajstić information content (AvgIpc) is 3.14. The molecule has 0 unspecified atom stereocenters. The number of rotatable bonds is 13. The van der Waals surface area contributed by atoms with Gasteiger partial charge in [-0.2, -0.15) is 0 Å². The van der Waals surface area contributed by atoms with Crippen LogP contribution >= 0.6 is 0 Å². The number of cyclic esters (lactones) is 1. The van der Waals surface area contributed by atoms with Crippen molar-refractivity contribution in [3.63, 3.8) is 0 Å². The van der Waals surface area contributed by atoms with E-state index in [1.165, 1.54) is 61.1 Å². The first kappa shape index (κ1) is 25.3. The predicted molar refractivity (Wildman–Crippen MR) is 131 cm³/mol. The van der Waals surface area contributed by atoms with Crippen LogP contribution in [0.25, 0.3) is 6.08 Å². The van der Waals surface area contributed by atoms with Crippen molar-refractivity contribution in [1.82, 2.24) is 4.90 Å². The van der Waals surface area contributed by atoms with Gasteiger partial charge in [0.25, 0.3) is 0 Å². The summed E-state index contributed by atoms with van der Waals surface area (Å²) in [6.45, 7) is 11.9. The van der Waals surface area contributed by atoms with Crippen LogP contribution in [-0.2, 0) is 4.74 Å². The Kier molecular flexibility index (Phi) is 10.8. The third kappa shape index (κ3) is 6.51. The average molecular weight is 520 g/mol. The number of unbranched alkanes of at least 4 members (excludes halogenated alkanes) is 3. The van der Waals surface area contributed by atoms with E-state index in [1.54, 1.807) is 0 Å². The summed E-state index contributed by atoms with van der Waals surface area (Å²) in [4.78, 5) is 15.2. The fourth-order valence-corrected chi connectivity index (χ4v) is 21.4. The second-order valence-electron chi connectivity index (χ2n) is 9.29. The van der Waals surface area contributed by atoms with Gasteiger partial charge in [0.1, 0.15) is 0 Å². The van der Waals surface area contributed by atoms with Gasteiger partial charge in [-0.1, -0.05) is 0 Å². The SMILES string of the molecule is CCC[CH2][Sn]([CH2]CCC)([CH2]CCC)/[C](=C\c1ccccc1)N1C(=O)OC[C@@H]1C(C)C. The maximum atomic E-state index is 13.1. The molecule has 0 bridgehead atoms. The number of benzene rings is 1. The molecule has 0 saturated carbocycles. The van der Waals surface area contributed by atoms with Crippen molar-refractivity contribution >= 4 is 30.5 Å². The number of ether oxygens (including phenoxy) is 1. The molecule has 1 amide bonds. The minimum atomic E-state index is -2.85.